The zero-order valence-electron chi connectivity index (χ0n) is 4.32. The minimum Gasteiger partial charge on any atom is -0.599 e. The van der Waals surface area contributed by atoms with Gasteiger partial charge in [0.05, 0.1) is 7.05 Å². The second-order valence-electron chi connectivity index (χ2n) is 0.946. The Balaban J connectivity index is 2.68. The maximum Gasteiger partial charge on any atom is 0.0982 e. The Bertz CT molecular complexity index is 39.9. The molecule has 3 N–H and O–H groups in total. The van der Waals surface area contributed by atoms with Crippen molar-refractivity contribution in [2.75, 3.05) is 14.1 Å². The summed E-state index contributed by atoms with van der Waals surface area (Å²) in [6, 6.07) is 0. The molecule has 0 aromatic rings. The summed E-state index contributed by atoms with van der Waals surface area (Å²) < 4.78 is 0. The fourth-order valence-corrected chi connectivity index (χ4v) is 0.123. The summed E-state index contributed by atoms with van der Waals surface area (Å²) in [5.74, 6) is 0. The van der Waals surface area contributed by atoms with Crippen LogP contribution in [0.5, 0.6) is 0 Å². The van der Waals surface area contributed by atoms with Gasteiger partial charge in [-0.25, -0.2) is 10.7 Å². The smallest absolute Gasteiger partial charge is 0.0982 e. The number of rotatable bonds is 3. The van der Waals surface area contributed by atoms with Crippen LogP contribution >= 0.6 is 0 Å². The molecule has 1 atom stereocenters. The van der Waals surface area contributed by atoms with E-state index in [9.17, 15) is 5.21 Å². The maximum atomic E-state index is 9.88. The first-order valence-corrected chi connectivity index (χ1v) is 1.86. The Hall–Kier alpha value is -0.200. The lowest BCUT2D eigenvalue weighted by atomic mass is 11.5. The standard InChI is InChI=1S/C2H9N3O2/c1-3-4-7-5(2)6/h3-5H,1-2H3. The highest BCUT2D eigenvalue weighted by Gasteiger charge is 1.79. The van der Waals surface area contributed by atoms with E-state index >= 15 is 0 Å². The van der Waals surface area contributed by atoms with Crippen molar-refractivity contribution in [3.05, 3.63) is 5.21 Å². The first kappa shape index (κ1) is 6.80. The molecule has 0 aromatic carbocycles. The maximum absolute atomic E-state index is 9.88. The molecule has 7 heavy (non-hydrogen) atoms. The van der Waals surface area contributed by atoms with Crippen molar-refractivity contribution in [1.82, 2.24) is 11.0 Å². The predicted molar refractivity (Wildman–Crippen MR) is 23.5 cm³/mol. The quantitative estimate of drug-likeness (QED) is 0.351. The van der Waals surface area contributed by atoms with E-state index in [2.05, 4.69) is 16.0 Å². The van der Waals surface area contributed by atoms with E-state index in [0.717, 1.165) is 0 Å². The van der Waals surface area contributed by atoms with Gasteiger partial charge in [-0.1, -0.05) is 10.5 Å². The Morgan fingerprint density at radius 2 is 2.29 bits per heavy atom. The van der Waals surface area contributed by atoms with Crippen LogP contribution in [0, 0.1) is 5.21 Å². The van der Waals surface area contributed by atoms with Crippen LogP contribution in [0.4, 0.5) is 0 Å². The van der Waals surface area contributed by atoms with Crippen molar-refractivity contribution in [2.45, 2.75) is 0 Å². The summed E-state index contributed by atoms with van der Waals surface area (Å²) in [5, 5.41) is 9.51. The second kappa shape index (κ2) is 3.97. The summed E-state index contributed by atoms with van der Waals surface area (Å²) in [6.45, 7) is 0. The molecule has 1 unspecified atom stereocenters. The van der Waals surface area contributed by atoms with Crippen LogP contribution in [-0.4, -0.2) is 14.1 Å². The minimum absolute atomic E-state index is 0.366. The molecule has 0 aromatic heterocycles. The fraction of sp³-hybridized carbons (Fsp3) is 1.00. The highest BCUT2D eigenvalue weighted by atomic mass is 17.0. The number of hydrazine groups is 1. The summed E-state index contributed by atoms with van der Waals surface area (Å²) in [5.41, 5.74) is 4.55. The van der Waals surface area contributed by atoms with Gasteiger partial charge in [-0.2, -0.15) is 0 Å². The first-order chi connectivity index (χ1) is 3.27. The highest BCUT2D eigenvalue weighted by molar-refractivity contribution is 3.89. The topological polar surface area (TPSA) is 60.8 Å². The zero-order chi connectivity index (χ0) is 5.70. The molecule has 5 heteroatoms. The molecule has 0 saturated heterocycles. The Kier molecular flexibility index (Phi) is 3.86. The summed E-state index contributed by atoms with van der Waals surface area (Å²) >= 11 is 0. The van der Waals surface area contributed by atoms with Crippen LogP contribution in [0.15, 0.2) is 0 Å². The molecule has 44 valence electrons. The fourth-order valence-electron chi connectivity index (χ4n) is 0.123. The van der Waals surface area contributed by atoms with Gasteiger partial charge >= 0.3 is 0 Å². The van der Waals surface area contributed by atoms with Crippen molar-refractivity contribution in [1.29, 1.82) is 0 Å². The van der Waals surface area contributed by atoms with E-state index in [1.807, 2.05) is 0 Å². The third-order valence-corrected chi connectivity index (χ3v) is 0.297. The number of hydrogen-bond donors (Lipinski definition) is 3. The molecule has 5 nitrogen and oxygen atoms in total. The van der Waals surface area contributed by atoms with Gasteiger partial charge in [-0.15, -0.1) is 0 Å². The van der Waals surface area contributed by atoms with E-state index in [4.69, 9.17) is 0 Å². The monoisotopic (exact) mass is 107 g/mol. The SMILES string of the molecule is CNNO[NH+](C)[O-]. The highest BCUT2D eigenvalue weighted by Crippen LogP contribution is 1.30. The van der Waals surface area contributed by atoms with Crippen molar-refractivity contribution in [3.63, 3.8) is 0 Å². The largest absolute Gasteiger partial charge is 0.599 e. The minimum atomic E-state index is -0.366. The van der Waals surface area contributed by atoms with Gasteiger partial charge < -0.3 is 5.21 Å². The average molecular weight is 107 g/mol. The number of hydroxylamine groups is 2. The van der Waals surface area contributed by atoms with Gasteiger partial charge in [-0.05, 0) is 0 Å². The molecule has 0 fully saturated rings. The summed E-state index contributed by atoms with van der Waals surface area (Å²) in [6.07, 6.45) is 0. The van der Waals surface area contributed by atoms with Crippen molar-refractivity contribution in [3.8, 4) is 0 Å². The lowest BCUT2D eigenvalue weighted by molar-refractivity contribution is -1.05. The normalized spacial score (nSPS) is 14.1. The molecule has 0 aliphatic carbocycles. The van der Waals surface area contributed by atoms with Gasteiger partial charge in [0.1, 0.15) is 0 Å². The van der Waals surface area contributed by atoms with Crippen molar-refractivity contribution >= 4 is 0 Å². The van der Waals surface area contributed by atoms with Crippen LogP contribution < -0.4 is 16.2 Å². The van der Waals surface area contributed by atoms with Crippen molar-refractivity contribution < 1.29 is 10.2 Å². The third-order valence-electron chi connectivity index (χ3n) is 0.297. The van der Waals surface area contributed by atoms with E-state index < -0.39 is 0 Å². The van der Waals surface area contributed by atoms with Crippen molar-refractivity contribution in [2.24, 2.45) is 0 Å². The number of nitrogens with one attached hydrogen (secondary N) is 3. The molecule has 0 bridgehead atoms. The van der Waals surface area contributed by atoms with Gasteiger partial charge in [-0.3, -0.25) is 0 Å². The molecular weight excluding hydrogens is 98.0 g/mol. The number of quaternary nitrogens is 1. The van der Waals surface area contributed by atoms with E-state index in [1.165, 1.54) is 7.05 Å². The molecule has 0 amide bonds. The Labute approximate surface area is 41.7 Å². The summed E-state index contributed by atoms with van der Waals surface area (Å²) in [4.78, 5) is 4.19. The van der Waals surface area contributed by atoms with E-state index in [-0.39, 0.29) is 5.23 Å². The van der Waals surface area contributed by atoms with Crippen LogP contribution in [-0.2, 0) is 4.94 Å². The van der Waals surface area contributed by atoms with Gasteiger partial charge in [0.15, 0.2) is 0 Å². The van der Waals surface area contributed by atoms with Crippen LogP contribution in [0.2, 0.25) is 0 Å². The molecule has 0 spiro atoms. The lowest BCUT2D eigenvalue weighted by Crippen LogP contribution is -3.04. The average Bonchev–Trinajstić information content (AvgIpc) is 1.61. The van der Waals surface area contributed by atoms with Crippen LogP contribution in [0.1, 0.15) is 0 Å². The number of hydrogen-bond acceptors (Lipinski definition) is 4. The predicted octanol–water partition coefficient (Wildman–Crippen LogP) is -2.43. The van der Waals surface area contributed by atoms with Gasteiger partial charge in [0.25, 0.3) is 0 Å². The lowest BCUT2D eigenvalue weighted by Gasteiger charge is -2.11. The Morgan fingerprint density at radius 1 is 1.71 bits per heavy atom. The molecule has 0 radical (unpaired) electrons. The molecule has 0 heterocycles. The van der Waals surface area contributed by atoms with E-state index in [1.54, 1.807) is 7.05 Å². The molecule has 0 aliphatic heterocycles. The van der Waals surface area contributed by atoms with E-state index in [0.29, 0.717) is 0 Å². The first-order valence-electron chi connectivity index (χ1n) is 1.86. The molecule has 0 aliphatic rings. The van der Waals surface area contributed by atoms with Gasteiger partial charge in [0, 0.05) is 7.05 Å². The van der Waals surface area contributed by atoms with Gasteiger partial charge in [0.2, 0.25) is 0 Å². The zero-order valence-corrected chi connectivity index (χ0v) is 4.32. The molecule has 0 saturated carbocycles. The summed E-state index contributed by atoms with van der Waals surface area (Å²) in [7, 11) is 2.91. The molecule has 0 rings (SSSR count). The van der Waals surface area contributed by atoms with Crippen LogP contribution in [0.25, 0.3) is 0 Å². The third kappa shape index (κ3) is 5.80. The second-order valence-corrected chi connectivity index (χ2v) is 0.946. The van der Waals surface area contributed by atoms with Crippen LogP contribution in [0.3, 0.4) is 0 Å². The molecular formula is C2H9N3O2. The Morgan fingerprint density at radius 3 is 2.43 bits per heavy atom.